The molecule has 7 rings (SSSR count). The minimum absolute atomic E-state index is 0. The first-order valence-electron chi connectivity index (χ1n) is 24.7. The summed E-state index contributed by atoms with van der Waals surface area (Å²) < 4.78 is 29.7. The summed E-state index contributed by atoms with van der Waals surface area (Å²) in [6, 6.07) is 50.9. The van der Waals surface area contributed by atoms with Gasteiger partial charge in [0.25, 0.3) is 0 Å². The Labute approximate surface area is 431 Å². The van der Waals surface area contributed by atoms with Gasteiger partial charge in [-0.1, -0.05) is 200 Å². The van der Waals surface area contributed by atoms with E-state index in [9.17, 15) is 8.42 Å². The highest BCUT2D eigenvalue weighted by molar-refractivity contribution is 7.92. The van der Waals surface area contributed by atoms with Crippen molar-refractivity contribution in [1.82, 2.24) is 19.9 Å². The van der Waals surface area contributed by atoms with Gasteiger partial charge in [-0.05, 0) is 110 Å². The number of aryl methyl sites for hydroxylation is 1. The van der Waals surface area contributed by atoms with Crippen molar-refractivity contribution in [3.63, 3.8) is 0 Å². The minimum atomic E-state index is -3.23. The normalized spacial score (nSPS) is 10.5. The van der Waals surface area contributed by atoms with Crippen molar-refractivity contribution in [2.75, 3.05) is 17.6 Å². The van der Waals surface area contributed by atoms with Gasteiger partial charge in [0.05, 0.1) is 18.6 Å². The lowest BCUT2D eigenvalue weighted by molar-refractivity contribution is 0.336. The fourth-order valence-corrected chi connectivity index (χ4v) is 7.04. The van der Waals surface area contributed by atoms with Crippen LogP contribution in [0.2, 0.25) is 0 Å². The van der Waals surface area contributed by atoms with Crippen molar-refractivity contribution in [1.29, 1.82) is 0 Å². The van der Waals surface area contributed by atoms with Crippen LogP contribution in [0.1, 0.15) is 178 Å². The molecule has 0 aliphatic heterocycles. The number of nitrogens with one attached hydrogen (secondary N) is 1. The van der Waals surface area contributed by atoms with Crippen molar-refractivity contribution in [2.45, 2.75) is 147 Å². The van der Waals surface area contributed by atoms with Crippen molar-refractivity contribution in [3.8, 4) is 17.0 Å². The predicted molar refractivity (Wildman–Crippen MR) is 306 cm³/mol. The molecule has 0 amide bonds. The molecule has 7 aromatic rings. The molecule has 0 radical (unpaired) electrons. The second-order valence-corrected chi connectivity index (χ2v) is 20.6. The van der Waals surface area contributed by atoms with E-state index < -0.39 is 10.0 Å². The third-order valence-corrected chi connectivity index (χ3v) is 11.1. The maximum atomic E-state index is 10.9. The van der Waals surface area contributed by atoms with Gasteiger partial charge in [-0.25, -0.2) is 13.4 Å². The fraction of sp³-hybridized carbons (Fsp3) is 0.387. The first-order valence-corrected chi connectivity index (χ1v) is 26.6. The number of rotatable bonds is 11. The third-order valence-electron chi connectivity index (χ3n) is 10.6. The highest BCUT2D eigenvalue weighted by Crippen LogP contribution is 2.25. The number of benzene rings is 3. The highest BCUT2D eigenvalue weighted by atomic mass is 32.2. The van der Waals surface area contributed by atoms with E-state index in [0.717, 1.165) is 40.5 Å². The summed E-state index contributed by atoms with van der Waals surface area (Å²) in [5.41, 5.74) is 11.7. The Morgan fingerprint density at radius 2 is 0.930 bits per heavy atom. The molecule has 0 saturated carbocycles. The van der Waals surface area contributed by atoms with Gasteiger partial charge in [0.15, 0.2) is 0 Å². The number of anilines is 1. The number of aromatic nitrogens is 4. The monoisotopic (exact) mass is 982 g/mol. The summed E-state index contributed by atoms with van der Waals surface area (Å²) in [7, 11) is -3.23. The molecule has 0 spiro atoms. The zero-order valence-electron chi connectivity index (χ0n) is 45.1. The number of nitrogens with zero attached hydrogens (tertiary/aromatic N) is 4. The number of hydrogen-bond donors (Lipinski definition) is 1. The molecule has 9 heteroatoms. The number of pyridine rings is 4. The third kappa shape index (κ3) is 25.5. The molecule has 71 heavy (non-hydrogen) atoms. The predicted octanol–water partition coefficient (Wildman–Crippen LogP) is 17.1. The van der Waals surface area contributed by atoms with Crippen molar-refractivity contribution >= 4 is 15.8 Å². The van der Waals surface area contributed by atoms with Crippen LogP contribution < -0.4 is 9.46 Å². The maximum Gasteiger partial charge on any atom is 0.230 e. The Hall–Kier alpha value is -6.19. The van der Waals surface area contributed by atoms with Crippen LogP contribution in [0.15, 0.2) is 158 Å². The molecule has 4 heterocycles. The van der Waals surface area contributed by atoms with Gasteiger partial charge >= 0.3 is 0 Å². The molecule has 0 aliphatic rings. The minimum Gasteiger partial charge on any atom is -0.493 e. The van der Waals surface area contributed by atoms with Crippen LogP contribution in [0.4, 0.5) is 5.82 Å². The van der Waals surface area contributed by atoms with Gasteiger partial charge < -0.3 is 4.74 Å². The van der Waals surface area contributed by atoms with Gasteiger partial charge in [0, 0.05) is 45.8 Å². The average Bonchev–Trinajstić information content (AvgIpc) is 3.33. The van der Waals surface area contributed by atoms with Crippen molar-refractivity contribution in [3.05, 3.63) is 203 Å². The van der Waals surface area contributed by atoms with Gasteiger partial charge in [-0.2, -0.15) is 0 Å². The second kappa shape index (κ2) is 33.4. The van der Waals surface area contributed by atoms with E-state index in [-0.39, 0.29) is 13.3 Å². The number of sulfonamides is 1. The van der Waals surface area contributed by atoms with Crippen LogP contribution in [0.5, 0.6) is 5.75 Å². The van der Waals surface area contributed by atoms with E-state index in [1.165, 1.54) is 27.9 Å². The zero-order chi connectivity index (χ0) is 52.2. The molecule has 1 N–H and O–H groups in total. The van der Waals surface area contributed by atoms with Crippen molar-refractivity contribution < 1.29 is 13.2 Å². The topological polar surface area (TPSA) is 107 Å². The van der Waals surface area contributed by atoms with Gasteiger partial charge in [-0.15, -0.1) is 0 Å². The Bertz CT molecular complexity index is 2550. The smallest absolute Gasteiger partial charge is 0.230 e. The van der Waals surface area contributed by atoms with E-state index in [1.807, 2.05) is 82.4 Å². The molecular formula is C62H87N5O3S. The summed E-state index contributed by atoms with van der Waals surface area (Å²) in [5, 5.41) is 0. The summed E-state index contributed by atoms with van der Waals surface area (Å²) in [4.78, 5) is 17.5. The Balaban J connectivity index is 0.000000429. The summed E-state index contributed by atoms with van der Waals surface area (Å²) in [6.07, 6.45) is 2.92. The van der Waals surface area contributed by atoms with Crippen LogP contribution in [0.3, 0.4) is 0 Å². The first-order chi connectivity index (χ1) is 33.1. The largest absolute Gasteiger partial charge is 0.493 e. The van der Waals surface area contributed by atoms with Crippen LogP contribution in [-0.2, 0) is 10.0 Å². The van der Waals surface area contributed by atoms with Crippen LogP contribution >= 0.6 is 0 Å². The fourth-order valence-electron chi connectivity index (χ4n) is 6.55. The molecule has 8 nitrogen and oxygen atoms in total. The van der Waals surface area contributed by atoms with E-state index in [2.05, 4.69) is 192 Å². The van der Waals surface area contributed by atoms with Gasteiger partial charge in [0.1, 0.15) is 11.6 Å². The Morgan fingerprint density at radius 1 is 0.493 bits per heavy atom. The zero-order valence-corrected chi connectivity index (χ0v) is 45.9. The Morgan fingerprint density at radius 3 is 1.32 bits per heavy atom. The summed E-state index contributed by atoms with van der Waals surface area (Å²) in [5.74, 6) is 4.42. The van der Waals surface area contributed by atoms with Crippen LogP contribution in [0.25, 0.3) is 11.3 Å². The SMILES string of the molecule is C.CC(C)c1cccc(-c2ccccc2)n1.CC(C)c1cccc(NS(C)(=O)=O)n1.CC(C)c1ccccc1.CC(C)c1ccccc1.CCOc1ccnc(C(C)C)c1C.Cc1cccc(C(C)C)n1. The average molecular weight is 982 g/mol. The van der Waals surface area contributed by atoms with E-state index in [4.69, 9.17) is 4.74 Å². The molecule has 4 aromatic heterocycles. The maximum absolute atomic E-state index is 10.9. The molecule has 0 saturated heterocycles. The molecule has 0 atom stereocenters. The highest BCUT2D eigenvalue weighted by Gasteiger charge is 2.09. The van der Waals surface area contributed by atoms with Crippen LogP contribution in [-0.4, -0.2) is 41.2 Å². The van der Waals surface area contributed by atoms with E-state index in [1.54, 1.807) is 12.1 Å². The Kier molecular flexibility index (Phi) is 29.6. The summed E-state index contributed by atoms with van der Waals surface area (Å²) in [6.45, 7) is 32.5. The molecule has 0 aliphatic carbocycles. The van der Waals surface area contributed by atoms with E-state index in [0.29, 0.717) is 42.0 Å². The van der Waals surface area contributed by atoms with Crippen molar-refractivity contribution in [2.24, 2.45) is 0 Å². The van der Waals surface area contributed by atoms with Gasteiger partial charge in [-0.3, -0.25) is 19.7 Å². The number of hydrogen-bond acceptors (Lipinski definition) is 7. The van der Waals surface area contributed by atoms with E-state index >= 15 is 0 Å². The molecule has 384 valence electrons. The first kappa shape index (κ1) is 62.8. The lowest BCUT2D eigenvalue weighted by atomic mass is 10.0. The second-order valence-electron chi connectivity index (χ2n) is 18.8. The number of ether oxygens (including phenoxy) is 1. The standard InChI is InChI=1S/C14H15N.C11H17NO.C9H14N2O2S.C9H13N.2C9H12.CH4/c1-11(2)13-9-6-10-14(15-13)12-7-4-3-5-8-12;1-5-13-10-6-7-12-11(8(2)3)9(10)4;1-7(2)8-5-4-6-9(10-8)11-14(3,12)13;1-7(2)9-6-4-5-8(3)10-9;2*1-8(2)9-6-4-3-5-7-9;/h3-11H,1-2H3;6-8H,5H2,1-4H3;4-7H,1-3H3,(H,10,11);4-7H,1-3H3;2*3-8H,1-2H3;1H4. The van der Waals surface area contributed by atoms with Crippen LogP contribution in [0, 0.1) is 13.8 Å². The lowest BCUT2D eigenvalue weighted by Crippen LogP contribution is -2.11. The molecule has 0 bridgehead atoms. The molecular weight excluding hydrogens is 895 g/mol. The molecule has 3 aromatic carbocycles. The molecule has 0 unspecified atom stereocenters. The lowest BCUT2D eigenvalue weighted by Gasteiger charge is -2.12. The summed E-state index contributed by atoms with van der Waals surface area (Å²) >= 11 is 0. The quantitative estimate of drug-likeness (QED) is 0.138. The van der Waals surface area contributed by atoms with Gasteiger partial charge in [0.2, 0.25) is 10.0 Å². The molecule has 0 fully saturated rings.